The molecule has 0 amide bonds. The number of aryl methyl sites for hydroxylation is 1. The summed E-state index contributed by atoms with van der Waals surface area (Å²) in [7, 11) is 0. The number of hydrogen-bond acceptors (Lipinski definition) is 2. The van der Waals surface area contributed by atoms with Gasteiger partial charge in [0.05, 0.1) is 0 Å². The monoisotopic (exact) mass is 185 g/mol. The molecule has 0 atom stereocenters. The second kappa shape index (κ2) is 3.50. The summed E-state index contributed by atoms with van der Waals surface area (Å²) in [6.45, 7) is 5.57. The molecular formula is C12H11NO. The lowest BCUT2D eigenvalue weighted by Gasteiger charge is -1.87. The Balaban J connectivity index is 2.67. The van der Waals surface area contributed by atoms with Crippen molar-refractivity contribution >= 4 is 17.2 Å². The van der Waals surface area contributed by atoms with Gasteiger partial charge >= 0.3 is 0 Å². The van der Waals surface area contributed by atoms with E-state index in [0.717, 1.165) is 22.4 Å². The van der Waals surface area contributed by atoms with Crippen LogP contribution in [0, 0.1) is 6.92 Å². The van der Waals surface area contributed by atoms with Crippen LogP contribution in [0.2, 0.25) is 0 Å². The summed E-state index contributed by atoms with van der Waals surface area (Å²) < 4.78 is 5.55. The zero-order chi connectivity index (χ0) is 9.97. The Morgan fingerprint density at radius 1 is 1.50 bits per heavy atom. The third-order valence-corrected chi connectivity index (χ3v) is 2.07. The molecule has 0 fully saturated rings. The second-order valence-corrected chi connectivity index (χ2v) is 3.02. The fourth-order valence-corrected chi connectivity index (χ4v) is 1.42. The van der Waals surface area contributed by atoms with Crippen molar-refractivity contribution in [2.24, 2.45) is 0 Å². The largest absolute Gasteiger partial charge is 0.459 e. The molecule has 0 saturated carbocycles. The molecule has 0 aliphatic heterocycles. The molecular weight excluding hydrogens is 174 g/mol. The first-order valence-corrected chi connectivity index (χ1v) is 4.46. The second-order valence-electron chi connectivity index (χ2n) is 3.02. The van der Waals surface area contributed by atoms with E-state index in [2.05, 4.69) is 11.6 Å². The van der Waals surface area contributed by atoms with Crippen molar-refractivity contribution < 1.29 is 4.42 Å². The lowest BCUT2D eigenvalue weighted by atomic mass is 10.2. The number of hydrogen-bond donors (Lipinski definition) is 0. The van der Waals surface area contributed by atoms with E-state index in [9.17, 15) is 0 Å². The molecule has 0 spiro atoms. The van der Waals surface area contributed by atoms with E-state index in [0.29, 0.717) is 0 Å². The van der Waals surface area contributed by atoms with Crippen LogP contribution in [0.1, 0.15) is 11.3 Å². The standard InChI is InChI=1S/C12H11NO/c1-3-4-6-10-9(2)14-11-7-5-8-13-12(10)11/h3-8H,1H2,2H3/b6-4-. The molecule has 14 heavy (non-hydrogen) atoms. The summed E-state index contributed by atoms with van der Waals surface area (Å²) in [4.78, 5) is 4.28. The maximum absolute atomic E-state index is 5.55. The number of nitrogens with zero attached hydrogens (tertiary/aromatic N) is 1. The summed E-state index contributed by atoms with van der Waals surface area (Å²) in [5.74, 6) is 0.886. The predicted molar refractivity (Wildman–Crippen MR) is 58.0 cm³/mol. The minimum absolute atomic E-state index is 0.828. The summed E-state index contributed by atoms with van der Waals surface area (Å²) >= 11 is 0. The molecule has 0 saturated heterocycles. The van der Waals surface area contributed by atoms with Crippen LogP contribution in [-0.4, -0.2) is 4.98 Å². The van der Waals surface area contributed by atoms with E-state index < -0.39 is 0 Å². The van der Waals surface area contributed by atoms with Crippen LogP contribution in [0.3, 0.4) is 0 Å². The van der Waals surface area contributed by atoms with Crippen molar-refractivity contribution in [2.45, 2.75) is 6.92 Å². The molecule has 0 radical (unpaired) electrons. The molecule has 2 heteroatoms. The lowest BCUT2D eigenvalue weighted by molar-refractivity contribution is 0.577. The quantitative estimate of drug-likeness (QED) is 0.670. The predicted octanol–water partition coefficient (Wildman–Crippen LogP) is 3.34. The highest BCUT2D eigenvalue weighted by molar-refractivity contribution is 5.84. The van der Waals surface area contributed by atoms with Gasteiger partial charge in [-0.15, -0.1) is 0 Å². The summed E-state index contributed by atoms with van der Waals surface area (Å²) in [5, 5.41) is 0. The van der Waals surface area contributed by atoms with E-state index in [4.69, 9.17) is 4.42 Å². The third-order valence-electron chi connectivity index (χ3n) is 2.07. The maximum Gasteiger partial charge on any atom is 0.153 e. The molecule has 0 aliphatic carbocycles. The van der Waals surface area contributed by atoms with Crippen LogP contribution < -0.4 is 0 Å². The molecule has 2 aromatic heterocycles. The van der Waals surface area contributed by atoms with Crippen LogP contribution >= 0.6 is 0 Å². The molecule has 0 N–H and O–H groups in total. The van der Waals surface area contributed by atoms with Gasteiger partial charge in [0.25, 0.3) is 0 Å². The van der Waals surface area contributed by atoms with Crippen LogP contribution in [0.4, 0.5) is 0 Å². The van der Waals surface area contributed by atoms with Crippen molar-refractivity contribution in [3.8, 4) is 0 Å². The van der Waals surface area contributed by atoms with Gasteiger partial charge in [0.15, 0.2) is 5.58 Å². The minimum atomic E-state index is 0.828. The minimum Gasteiger partial charge on any atom is -0.459 e. The number of allylic oxidation sites excluding steroid dienone is 2. The van der Waals surface area contributed by atoms with Crippen LogP contribution in [-0.2, 0) is 0 Å². The van der Waals surface area contributed by atoms with Gasteiger partial charge in [0, 0.05) is 11.8 Å². The van der Waals surface area contributed by atoms with E-state index in [1.807, 2.05) is 31.2 Å². The Hall–Kier alpha value is -1.83. The molecule has 0 aromatic carbocycles. The third kappa shape index (κ3) is 1.35. The number of fused-ring (bicyclic) bond motifs is 1. The first-order valence-electron chi connectivity index (χ1n) is 4.46. The van der Waals surface area contributed by atoms with Crippen LogP contribution in [0.15, 0.2) is 41.5 Å². The molecule has 0 bridgehead atoms. The SMILES string of the molecule is C=C/C=C\c1c(C)oc2cccnc12. The Bertz CT molecular complexity index is 494. The van der Waals surface area contributed by atoms with Gasteiger partial charge in [-0.05, 0) is 25.1 Å². The number of pyridine rings is 1. The number of rotatable bonds is 2. The molecule has 0 aliphatic rings. The zero-order valence-corrected chi connectivity index (χ0v) is 8.03. The van der Waals surface area contributed by atoms with Crippen molar-refractivity contribution in [3.05, 3.63) is 48.4 Å². The maximum atomic E-state index is 5.55. The van der Waals surface area contributed by atoms with E-state index in [-0.39, 0.29) is 0 Å². The van der Waals surface area contributed by atoms with Crippen molar-refractivity contribution in [1.82, 2.24) is 4.98 Å². The first kappa shape index (κ1) is 8.75. The number of aromatic nitrogens is 1. The molecule has 2 aromatic rings. The van der Waals surface area contributed by atoms with Gasteiger partial charge < -0.3 is 4.42 Å². The lowest BCUT2D eigenvalue weighted by Crippen LogP contribution is -1.75. The normalized spacial score (nSPS) is 11.2. The zero-order valence-electron chi connectivity index (χ0n) is 8.03. The highest BCUT2D eigenvalue weighted by Crippen LogP contribution is 2.24. The molecule has 0 unspecified atom stereocenters. The number of furan rings is 1. The topological polar surface area (TPSA) is 26.0 Å². The average Bonchev–Trinajstić information content (AvgIpc) is 2.51. The smallest absolute Gasteiger partial charge is 0.153 e. The molecule has 70 valence electrons. The van der Waals surface area contributed by atoms with E-state index >= 15 is 0 Å². The average molecular weight is 185 g/mol. The van der Waals surface area contributed by atoms with Gasteiger partial charge in [-0.2, -0.15) is 0 Å². The van der Waals surface area contributed by atoms with E-state index in [1.54, 1.807) is 12.3 Å². The Labute approximate surface area is 82.6 Å². The first-order chi connectivity index (χ1) is 6.83. The van der Waals surface area contributed by atoms with Crippen molar-refractivity contribution in [2.75, 3.05) is 0 Å². The fourth-order valence-electron chi connectivity index (χ4n) is 1.42. The Morgan fingerprint density at radius 3 is 3.14 bits per heavy atom. The Kier molecular flexibility index (Phi) is 2.19. The van der Waals surface area contributed by atoms with Gasteiger partial charge in [-0.3, -0.25) is 4.98 Å². The fraction of sp³-hybridized carbons (Fsp3) is 0.0833. The van der Waals surface area contributed by atoms with Gasteiger partial charge in [-0.1, -0.05) is 18.7 Å². The highest BCUT2D eigenvalue weighted by atomic mass is 16.3. The van der Waals surface area contributed by atoms with Crippen LogP contribution in [0.25, 0.3) is 17.2 Å². The highest BCUT2D eigenvalue weighted by Gasteiger charge is 2.07. The summed E-state index contributed by atoms with van der Waals surface area (Å²) in [5.41, 5.74) is 2.76. The molecule has 2 rings (SSSR count). The Morgan fingerprint density at radius 2 is 2.36 bits per heavy atom. The van der Waals surface area contributed by atoms with Gasteiger partial charge in [-0.25, -0.2) is 0 Å². The molecule has 2 heterocycles. The van der Waals surface area contributed by atoms with Gasteiger partial charge in [0.2, 0.25) is 0 Å². The van der Waals surface area contributed by atoms with Crippen LogP contribution in [0.5, 0.6) is 0 Å². The molecule has 2 nitrogen and oxygen atoms in total. The summed E-state index contributed by atoms with van der Waals surface area (Å²) in [6.07, 6.45) is 7.34. The van der Waals surface area contributed by atoms with E-state index in [1.165, 1.54) is 0 Å². The van der Waals surface area contributed by atoms with Gasteiger partial charge in [0.1, 0.15) is 11.3 Å². The van der Waals surface area contributed by atoms with Crippen molar-refractivity contribution in [3.63, 3.8) is 0 Å². The van der Waals surface area contributed by atoms with Crippen molar-refractivity contribution in [1.29, 1.82) is 0 Å². The summed E-state index contributed by atoms with van der Waals surface area (Å²) in [6, 6.07) is 3.78.